The third-order valence-corrected chi connectivity index (χ3v) is 4.78. The maximum Gasteiger partial charge on any atom is 0.191 e. The quantitative estimate of drug-likeness (QED) is 0.170. The van der Waals surface area contributed by atoms with Crippen molar-refractivity contribution in [3.63, 3.8) is 0 Å². The van der Waals surface area contributed by atoms with Crippen LogP contribution >= 0.6 is 24.0 Å². The molecule has 0 fully saturated rings. The Balaban J connectivity index is 0.00000341. The summed E-state index contributed by atoms with van der Waals surface area (Å²) in [5.41, 5.74) is 4.64. The van der Waals surface area contributed by atoms with Gasteiger partial charge in [-0.1, -0.05) is 36.4 Å². The summed E-state index contributed by atoms with van der Waals surface area (Å²) >= 11 is 0. The Morgan fingerprint density at radius 2 is 1.77 bits per heavy atom. The van der Waals surface area contributed by atoms with E-state index in [9.17, 15) is 0 Å². The fourth-order valence-electron chi connectivity index (χ4n) is 3.13. The molecule has 0 amide bonds. The molecular formula is C23H32IN5O2. The van der Waals surface area contributed by atoms with Crippen LogP contribution in [0.5, 0.6) is 0 Å². The van der Waals surface area contributed by atoms with Crippen molar-refractivity contribution in [2.75, 3.05) is 40.5 Å². The van der Waals surface area contributed by atoms with Crippen LogP contribution in [0, 0.1) is 0 Å². The largest absolute Gasteiger partial charge is 0.382 e. The molecule has 31 heavy (non-hydrogen) atoms. The molecule has 1 heterocycles. The third-order valence-electron chi connectivity index (χ3n) is 4.78. The summed E-state index contributed by atoms with van der Waals surface area (Å²) in [6.07, 6.45) is 2.82. The van der Waals surface area contributed by atoms with Gasteiger partial charge < -0.3 is 24.7 Å². The Bertz CT molecular complexity index is 927. The van der Waals surface area contributed by atoms with Crippen LogP contribution in [0.2, 0.25) is 0 Å². The first-order valence-electron chi connectivity index (χ1n) is 10.3. The lowest BCUT2D eigenvalue weighted by molar-refractivity contribution is 0.0698. The van der Waals surface area contributed by atoms with E-state index in [1.165, 1.54) is 11.1 Å². The number of guanidine groups is 1. The molecule has 0 aliphatic heterocycles. The van der Waals surface area contributed by atoms with E-state index in [2.05, 4.69) is 55.5 Å². The molecule has 3 aromatic rings. The summed E-state index contributed by atoms with van der Waals surface area (Å²) in [6, 6.07) is 16.8. The summed E-state index contributed by atoms with van der Waals surface area (Å²) in [4.78, 5) is 8.73. The molecule has 0 radical (unpaired) electrons. The number of aromatic nitrogens is 2. The van der Waals surface area contributed by atoms with Gasteiger partial charge in [0.05, 0.1) is 30.6 Å². The van der Waals surface area contributed by atoms with E-state index >= 15 is 0 Å². The highest BCUT2D eigenvalue weighted by molar-refractivity contribution is 14.0. The second-order valence-electron chi connectivity index (χ2n) is 6.99. The van der Waals surface area contributed by atoms with Crippen molar-refractivity contribution < 1.29 is 9.47 Å². The smallest absolute Gasteiger partial charge is 0.191 e. The van der Waals surface area contributed by atoms with Gasteiger partial charge in [-0.25, -0.2) is 4.98 Å². The topological polar surface area (TPSA) is 72.7 Å². The Morgan fingerprint density at radius 3 is 2.55 bits per heavy atom. The van der Waals surface area contributed by atoms with Crippen LogP contribution in [-0.4, -0.2) is 56.0 Å². The van der Waals surface area contributed by atoms with Crippen molar-refractivity contribution in [3.05, 3.63) is 66.0 Å². The predicted molar refractivity (Wildman–Crippen MR) is 136 cm³/mol. The maximum absolute atomic E-state index is 5.46. The fourth-order valence-corrected chi connectivity index (χ4v) is 3.13. The number of nitrogens with zero attached hydrogens (tertiary/aromatic N) is 3. The number of benzene rings is 2. The summed E-state index contributed by atoms with van der Waals surface area (Å²) in [5, 5.41) is 6.66. The van der Waals surface area contributed by atoms with E-state index in [1.807, 2.05) is 24.5 Å². The second-order valence-corrected chi connectivity index (χ2v) is 6.99. The summed E-state index contributed by atoms with van der Waals surface area (Å²) < 4.78 is 12.6. The molecule has 0 aliphatic rings. The highest BCUT2D eigenvalue weighted by atomic mass is 127. The summed E-state index contributed by atoms with van der Waals surface area (Å²) in [6.45, 7) is 4.32. The van der Waals surface area contributed by atoms with Gasteiger partial charge in [-0.15, -0.1) is 24.0 Å². The van der Waals surface area contributed by atoms with Crippen LogP contribution in [0.15, 0.2) is 59.9 Å². The normalized spacial score (nSPS) is 11.4. The summed E-state index contributed by atoms with van der Waals surface area (Å²) in [5.74, 6) is 0.792. The van der Waals surface area contributed by atoms with Crippen molar-refractivity contribution in [3.8, 4) is 0 Å². The molecule has 0 saturated carbocycles. The molecule has 0 atom stereocenters. The van der Waals surface area contributed by atoms with Gasteiger partial charge in [0.25, 0.3) is 0 Å². The van der Waals surface area contributed by atoms with Gasteiger partial charge in [0, 0.05) is 40.4 Å². The van der Waals surface area contributed by atoms with Gasteiger partial charge in [0.15, 0.2) is 5.96 Å². The number of fused-ring (bicyclic) bond motifs is 1. The lowest BCUT2D eigenvalue weighted by Crippen LogP contribution is -2.37. The lowest BCUT2D eigenvalue weighted by atomic mass is 10.1. The minimum Gasteiger partial charge on any atom is -0.382 e. The highest BCUT2D eigenvalue weighted by Gasteiger charge is 2.03. The molecule has 2 aromatic carbocycles. The Kier molecular flexibility index (Phi) is 11.3. The second kappa shape index (κ2) is 14.0. The van der Waals surface area contributed by atoms with Gasteiger partial charge in [-0.2, -0.15) is 0 Å². The number of hydrogen-bond donors (Lipinski definition) is 2. The van der Waals surface area contributed by atoms with E-state index in [4.69, 9.17) is 9.47 Å². The highest BCUT2D eigenvalue weighted by Crippen LogP contribution is 2.14. The zero-order chi connectivity index (χ0) is 21.0. The first-order valence-corrected chi connectivity index (χ1v) is 10.3. The molecule has 7 nitrogen and oxygen atoms in total. The number of methoxy groups -OCH3 is 1. The van der Waals surface area contributed by atoms with Crippen LogP contribution in [0.3, 0.4) is 0 Å². The zero-order valence-corrected chi connectivity index (χ0v) is 20.5. The minimum atomic E-state index is 0. The summed E-state index contributed by atoms with van der Waals surface area (Å²) in [7, 11) is 3.46. The number of para-hydroxylation sites is 2. The molecular weight excluding hydrogens is 505 g/mol. The first-order chi connectivity index (χ1) is 14.8. The van der Waals surface area contributed by atoms with Gasteiger partial charge in [0.1, 0.15) is 0 Å². The van der Waals surface area contributed by atoms with Crippen LogP contribution in [0.25, 0.3) is 11.0 Å². The number of hydrogen-bond acceptors (Lipinski definition) is 4. The Hall–Kier alpha value is -2.17. The van der Waals surface area contributed by atoms with Crippen molar-refractivity contribution >= 4 is 41.0 Å². The van der Waals surface area contributed by atoms with Crippen molar-refractivity contribution in [1.29, 1.82) is 0 Å². The van der Waals surface area contributed by atoms with Crippen LogP contribution in [-0.2, 0) is 22.6 Å². The van der Waals surface area contributed by atoms with Crippen LogP contribution < -0.4 is 10.6 Å². The number of halogens is 1. The molecule has 168 valence electrons. The molecule has 3 rings (SSSR count). The number of nitrogens with one attached hydrogen (secondary N) is 2. The number of ether oxygens (including phenoxy) is 2. The average Bonchev–Trinajstić information content (AvgIpc) is 3.19. The van der Waals surface area contributed by atoms with Gasteiger partial charge in [0.2, 0.25) is 0 Å². The predicted octanol–water partition coefficient (Wildman–Crippen LogP) is 3.42. The van der Waals surface area contributed by atoms with Crippen LogP contribution in [0.4, 0.5) is 0 Å². The number of rotatable bonds is 11. The third kappa shape index (κ3) is 8.12. The number of aliphatic imine (C=N–C) groups is 1. The monoisotopic (exact) mass is 537 g/mol. The molecule has 2 N–H and O–H groups in total. The average molecular weight is 537 g/mol. The first kappa shape index (κ1) is 25.1. The van der Waals surface area contributed by atoms with E-state index in [1.54, 1.807) is 14.2 Å². The molecule has 1 aromatic heterocycles. The molecule has 0 aliphatic carbocycles. The zero-order valence-electron chi connectivity index (χ0n) is 18.2. The van der Waals surface area contributed by atoms with Crippen molar-refractivity contribution in [1.82, 2.24) is 20.2 Å². The molecule has 0 spiro atoms. The lowest BCUT2D eigenvalue weighted by Gasteiger charge is -2.12. The fraction of sp³-hybridized carbons (Fsp3) is 0.391. The van der Waals surface area contributed by atoms with E-state index in [-0.39, 0.29) is 24.0 Å². The van der Waals surface area contributed by atoms with Gasteiger partial charge in [-0.3, -0.25) is 4.99 Å². The Morgan fingerprint density at radius 1 is 1.00 bits per heavy atom. The minimum absolute atomic E-state index is 0. The molecule has 0 saturated heterocycles. The SMILES string of the molecule is CN=C(NCCCOCCOC)NCc1ccc(Cn2cnc3ccccc32)cc1.I. The van der Waals surface area contributed by atoms with Crippen LogP contribution in [0.1, 0.15) is 17.5 Å². The van der Waals surface area contributed by atoms with E-state index < -0.39 is 0 Å². The van der Waals surface area contributed by atoms with E-state index in [0.717, 1.165) is 43.0 Å². The maximum atomic E-state index is 5.46. The standard InChI is InChI=1S/C23H31N5O2.HI/c1-24-23(25-12-5-13-30-15-14-29-2)26-16-19-8-10-20(11-9-19)17-28-18-27-21-6-3-4-7-22(21)28;/h3-4,6-11,18H,5,12-17H2,1-2H3,(H2,24,25,26);1H. The number of imidazole rings is 1. The van der Waals surface area contributed by atoms with Gasteiger partial charge in [-0.05, 0) is 29.7 Å². The Labute approximate surface area is 201 Å². The van der Waals surface area contributed by atoms with Crippen molar-refractivity contribution in [2.45, 2.75) is 19.5 Å². The molecule has 0 bridgehead atoms. The molecule has 0 unspecified atom stereocenters. The van der Waals surface area contributed by atoms with Gasteiger partial charge >= 0.3 is 0 Å². The van der Waals surface area contributed by atoms with Crippen molar-refractivity contribution in [2.24, 2.45) is 4.99 Å². The van der Waals surface area contributed by atoms with E-state index in [0.29, 0.717) is 19.8 Å². The molecule has 8 heteroatoms.